The van der Waals surface area contributed by atoms with E-state index >= 15 is 0 Å². The van der Waals surface area contributed by atoms with Gasteiger partial charge in [0.2, 0.25) is 0 Å². The summed E-state index contributed by atoms with van der Waals surface area (Å²) >= 11 is 0. The first kappa shape index (κ1) is 19.2. The SMILES string of the molecule is CCNC(=NCCCOC1CCCC1)NCCCCOCC. The van der Waals surface area contributed by atoms with E-state index in [0.29, 0.717) is 6.10 Å². The van der Waals surface area contributed by atoms with Crippen LogP contribution >= 0.6 is 0 Å². The second-order valence-corrected chi connectivity index (χ2v) is 5.72. The number of ether oxygens (including phenoxy) is 2. The number of aliphatic imine (C=N–C) groups is 1. The molecule has 2 N–H and O–H groups in total. The van der Waals surface area contributed by atoms with Gasteiger partial charge in [-0.05, 0) is 46.0 Å². The van der Waals surface area contributed by atoms with Crippen molar-refractivity contribution in [3.63, 3.8) is 0 Å². The van der Waals surface area contributed by atoms with Gasteiger partial charge in [-0.2, -0.15) is 0 Å². The monoisotopic (exact) mass is 313 g/mol. The van der Waals surface area contributed by atoms with E-state index in [1.807, 2.05) is 6.92 Å². The number of nitrogens with one attached hydrogen (secondary N) is 2. The number of guanidine groups is 1. The van der Waals surface area contributed by atoms with Crippen LogP contribution in [-0.2, 0) is 9.47 Å². The molecule has 0 aromatic rings. The summed E-state index contributed by atoms with van der Waals surface area (Å²) in [6.45, 7) is 9.27. The van der Waals surface area contributed by atoms with Crippen LogP contribution in [0.15, 0.2) is 4.99 Å². The van der Waals surface area contributed by atoms with Crippen molar-refractivity contribution in [1.29, 1.82) is 0 Å². The smallest absolute Gasteiger partial charge is 0.191 e. The lowest BCUT2D eigenvalue weighted by Crippen LogP contribution is -2.38. The van der Waals surface area contributed by atoms with Gasteiger partial charge in [-0.1, -0.05) is 12.8 Å². The van der Waals surface area contributed by atoms with E-state index in [0.717, 1.165) is 64.7 Å². The molecule has 5 nitrogen and oxygen atoms in total. The highest BCUT2D eigenvalue weighted by Crippen LogP contribution is 2.20. The second kappa shape index (κ2) is 13.8. The number of hydrogen-bond acceptors (Lipinski definition) is 3. The van der Waals surface area contributed by atoms with E-state index in [-0.39, 0.29) is 0 Å². The zero-order valence-electron chi connectivity index (χ0n) is 14.5. The summed E-state index contributed by atoms with van der Waals surface area (Å²) in [5.41, 5.74) is 0. The fraction of sp³-hybridized carbons (Fsp3) is 0.941. The predicted molar refractivity (Wildman–Crippen MR) is 92.5 cm³/mol. The standard InChI is InChI=1S/C17H35N3O2/c1-3-18-17(19-12-7-8-14-21-4-2)20-13-9-15-22-16-10-5-6-11-16/h16H,3-15H2,1-2H3,(H2,18,19,20). The predicted octanol–water partition coefficient (Wildman–Crippen LogP) is 2.71. The molecule has 0 aromatic heterocycles. The highest BCUT2D eigenvalue weighted by Gasteiger charge is 2.14. The fourth-order valence-electron chi connectivity index (χ4n) is 2.58. The molecule has 22 heavy (non-hydrogen) atoms. The summed E-state index contributed by atoms with van der Waals surface area (Å²) in [4.78, 5) is 4.59. The third-order valence-electron chi connectivity index (χ3n) is 3.78. The molecule has 0 radical (unpaired) electrons. The van der Waals surface area contributed by atoms with Gasteiger partial charge in [0.25, 0.3) is 0 Å². The topological polar surface area (TPSA) is 54.9 Å². The Kier molecular flexibility index (Phi) is 12.1. The normalized spacial score (nSPS) is 16.2. The lowest BCUT2D eigenvalue weighted by atomic mass is 10.3. The van der Waals surface area contributed by atoms with Crippen molar-refractivity contribution in [2.75, 3.05) is 39.5 Å². The van der Waals surface area contributed by atoms with Crippen LogP contribution in [0.25, 0.3) is 0 Å². The van der Waals surface area contributed by atoms with Crippen molar-refractivity contribution in [3.05, 3.63) is 0 Å². The number of nitrogens with zero attached hydrogens (tertiary/aromatic N) is 1. The lowest BCUT2D eigenvalue weighted by Gasteiger charge is -2.12. The highest BCUT2D eigenvalue weighted by molar-refractivity contribution is 5.79. The van der Waals surface area contributed by atoms with Gasteiger partial charge in [-0.3, -0.25) is 4.99 Å². The van der Waals surface area contributed by atoms with Gasteiger partial charge in [-0.25, -0.2) is 0 Å². The van der Waals surface area contributed by atoms with Crippen LogP contribution in [0.3, 0.4) is 0 Å². The molecule has 1 aliphatic rings. The van der Waals surface area contributed by atoms with Crippen LogP contribution in [0.5, 0.6) is 0 Å². The second-order valence-electron chi connectivity index (χ2n) is 5.72. The zero-order chi connectivity index (χ0) is 15.9. The van der Waals surface area contributed by atoms with E-state index < -0.39 is 0 Å². The van der Waals surface area contributed by atoms with E-state index in [1.165, 1.54) is 25.7 Å². The summed E-state index contributed by atoms with van der Waals surface area (Å²) < 4.78 is 11.2. The Bertz CT molecular complexity index is 279. The van der Waals surface area contributed by atoms with Crippen LogP contribution in [0, 0.1) is 0 Å². The van der Waals surface area contributed by atoms with Crippen LogP contribution in [0.4, 0.5) is 0 Å². The maximum Gasteiger partial charge on any atom is 0.191 e. The average molecular weight is 313 g/mol. The largest absolute Gasteiger partial charge is 0.382 e. The minimum Gasteiger partial charge on any atom is -0.382 e. The first-order chi connectivity index (χ1) is 10.9. The van der Waals surface area contributed by atoms with Crippen LogP contribution < -0.4 is 10.6 Å². The van der Waals surface area contributed by atoms with E-state index in [2.05, 4.69) is 22.5 Å². The molecule has 1 rings (SSSR count). The first-order valence-electron chi connectivity index (χ1n) is 9.08. The van der Waals surface area contributed by atoms with Crippen molar-refractivity contribution in [2.24, 2.45) is 4.99 Å². The van der Waals surface area contributed by atoms with Gasteiger partial charge >= 0.3 is 0 Å². The summed E-state index contributed by atoms with van der Waals surface area (Å²) in [7, 11) is 0. The molecule has 0 bridgehead atoms. The van der Waals surface area contributed by atoms with Crippen LogP contribution in [0.1, 0.15) is 58.8 Å². The first-order valence-corrected chi connectivity index (χ1v) is 9.08. The van der Waals surface area contributed by atoms with Crippen LogP contribution in [0.2, 0.25) is 0 Å². The summed E-state index contributed by atoms with van der Waals surface area (Å²) in [6, 6.07) is 0. The third-order valence-corrected chi connectivity index (χ3v) is 3.78. The van der Waals surface area contributed by atoms with Gasteiger partial charge in [-0.15, -0.1) is 0 Å². The molecule has 1 saturated carbocycles. The molecule has 0 atom stereocenters. The molecule has 0 amide bonds. The minimum atomic E-state index is 0.515. The van der Waals surface area contributed by atoms with Crippen molar-refractivity contribution >= 4 is 5.96 Å². The highest BCUT2D eigenvalue weighted by atomic mass is 16.5. The van der Waals surface area contributed by atoms with E-state index in [9.17, 15) is 0 Å². The van der Waals surface area contributed by atoms with Gasteiger partial charge < -0.3 is 20.1 Å². The number of hydrogen-bond donors (Lipinski definition) is 2. The Morgan fingerprint density at radius 3 is 2.59 bits per heavy atom. The Hall–Kier alpha value is -0.810. The van der Waals surface area contributed by atoms with Gasteiger partial charge in [0.05, 0.1) is 6.10 Å². The Balaban J connectivity index is 2.04. The van der Waals surface area contributed by atoms with E-state index in [1.54, 1.807) is 0 Å². The summed E-state index contributed by atoms with van der Waals surface area (Å²) in [6.07, 6.45) is 8.87. The molecule has 5 heteroatoms. The zero-order valence-corrected chi connectivity index (χ0v) is 14.5. The van der Waals surface area contributed by atoms with E-state index in [4.69, 9.17) is 9.47 Å². The Morgan fingerprint density at radius 2 is 1.86 bits per heavy atom. The molecule has 0 aromatic carbocycles. The summed E-state index contributed by atoms with van der Waals surface area (Å²) in [5, 5.41) is 6.66. The minimum absolute atomic E-state index is 0.515. The molecule has 0 aliphatic heterocycles. The molecule has 0 unspecified atom stereocenters. The van der Waals surface area contributed by atoms with Gasteiger partial charge in [0.1, 0.15) is 0 Å². The molecule has 0 spiro atoms. The average Bonchev–Trinajstić information content (AvgIpc) is 3.03. The third kappa shape index (κ3) is 10.0. The van der Waals surface area contributed by atoms with Crippen molar-refractivity contribution in [2.45, 2.75) is 64.9 Å². The molecule has 1 fully saturated rings. The van der Waals surface area contributed by atoms with Crippen molar-refractivity contribution < 1.29 is 9.47 Å². The van der Waals surface area contributed by atoms with Crippen molar-refractivity contribution in [1.82, 2.24) is 10.6 Å². The van der Waals surface area contributed by atoms with Crippen LogP contribution in [-0.4, -0.2) is 51.5 Å². The molecular formula is C17H35N3O2. The molecule has 0 heterocycles. The number of rotatable bonds is 12. The maximum absolute atomic E-state index is 5.86. The number of unbranched alkanes of at least 4 members (excludes halogenated alkanes) is 1. The Labute approximate surface area is 136 Å². The molecule has 1 aliphatic carbocycles. The van der Waals surface area contributed by atoms with Gasteiger partial charge in [0, 0.05) is 39.5 Å². The molecular weight excluding hydrogens is 278 g/mol. The van der Waals surface area contributed by atoms with Crippen molar-refractivity contribution in [3.8, 4) is 0 Å². The Morgan fingerprint density at radius 1 is 1.05 bits per heavy atom. The lowest BCUT2D eigenvalue weighted by molar-refractivity contribution is 0.0579. The van der Waals surface area contributed by atoms with Gasteiger partial charge in [0.15, 0.2) is 5.96 Å². The fourth-order valence-corrected chi connectivity index (χ4v) is 2.58. The molecule has 130 valence electrons. The molecule has 0 saturated heterocycles. The summed E-state index contributed by atoms with van der Waals surface area (Å²) in [5.74, 6) is 0.916. The maximum atomic E-state index is 5.86. The quantitative estimate of drug-likeness (QED) is 0.330.